The molecule has 0 atom stereocenters. The van der Waals surface area contributed by atoms with Crippen molar-refractivity contribution in [3.8, 4) is 0 Å². The Balaban J connectivity index is 1.42. The van der Waals surface area contributed by atoms with Gasteiger partial charge in [0.1, 0.15) is 17.3 Å². The third-order valence-electron chi connectivity index (χ3n) is 4.59. The van der Waals surface area contributed by atoms with Crippen LogP contribution >= 0.6 is 0 Å². The van der Waals surface area contributed by atoms with E-state index in [1.165, 1.54) is 12.3 Å². The monoisotopic (exact) mass is 396 g/mol. The number of nitrogens with zero attached hydrogens (tertiary/aromatic N) is 5. The first kappa shape index (κ1) is 18.7. The minimum atomic E-state index is -0.714. The van der Waals surface area contributed by atoms with Crippen molar-refractivity contribution >= 4 is 23.2 Å². The van der Waals surface area contributed by atoms with Crippen LogP contribution in [-0.4, -0.2) is 51.9 Å². The Kier molecular flexibility index (Phi) is 5.28. The lowest BCUT2D eigenvalue weighted by Crippen LogP contribution is -2.49. The van der Waals surface area contributed by atoms with Crippen LogP contribution in [0.2, 0.25) is 0 Å². The number of aromatic nitrogens is 3. The summed E-state index contributed by atoms with van der Waals surface area (Å²) in [6, 6.07) is 8.19. The van der Waals surface area contributed by atoms with Crippen molar-refractivity contribution in [2.75, 3.05) is 36.4 Å². The zero-order valence-electron chi connectivity index (χ0n) is 15.4. The number of anilines is 3. The van der Waals surface area contributed by atoms with Crippen molar-refractivity contribution in [2.24, 2.45) is 0 Å². The predicted molar refractivity (Wildman–Crippen MR) is 104 cm³/mol. The number of amides is 1. The van der Waals surface area contributed by atoms with E-state index in [2.05, 4.69) is 20.3 Å². The van der Waals surface area contributed by atoms with Gasteiger partial charge in [0.25, 0.3) is 5.91 Å². The molecule has 1 aliphatic rings. The Morgan fingerprint density at radius 1 is 0.931 bits per heavy atom. The summed E-state index contributed by atoms with van der Waals surface area (Å²) >= 11 is 0. The molecule has 2 aromatic heterocycles. The largest absolute Gasteiger partial charge is 0.353 e. The molecule has 4 rings (SSSR count). The molecule has 0 radical (unpaired) electrons. The second-order valence-electron chi connectivity index (χ2n) is 6.51. The quantitative estimate of drug-likeness (QED) is 0.731. The molecule has 0 saturated carbocycles. The Morgan fingerprint density at radius 2 is 1.69 bits per heavy atom. The molecule has 148 valence electrons. The Hall–Kier alpha value is -3.62. The Bertz CT molecular complexity index is 1010. The normalized spacial score (nSPS) is 14.0. The van der Waals surface area contributed by atoms with Crippen LogP contribution in [0.15, 0.2) is 55.0 Å². The van der Waals surface area contributed by atoms with Gasteiger partial charge in [0.05, 0.1) is 5.69 Å². The van der Waals surface area contributed by atoms with Crippen molar-refractivity contribution in [3.05, 3.63) is 72.3 Å². The van der Waals surface area contributed by atoms with E-state index in [0.29, 0.717) is 37.8 Å². The van der Waals surface area contributed by atoms with Crippen LogP contribution in [0.1, 0.15) is 10.5 Å². The lowest BCUT2D eigenvalue weighted by molar-refractivity contribution is 0.0740. The Labute approximate surface area is 166 Å². The summed E-state index contributed by atoms with van der Waals surface area (Å²) < 4.78 is 26.9. The summed E-state index contributed by atoms with van der Waals surface area (Å²) in [5.41, 5.74) is 0.861. The standard InChI is InChI=1S/C20H18F2N6O/c21-14-2-3-17(16(22)12-14)26-15-4-7-23-18(13-15)19(29)27-8-10-28(11-9-27)20-24-5-1-6-25-20/h1-7,12-13H,8-11H2,(H,23,26). The average Bonchev–Trinajstić information content (AvgIpc) is 2.76. The molecule has 29 heavy (non-hydrogen) atoms. The van der Waals surface area contributed by atoms with Gasteiger partial charge >= 0.3 is 0 Å². The number of benzene rings is 1. The number of rotatable bonds is 4. The van der Waals surface area contributed by atoms with Crippen LogP contribution in [-0.2, 0) is 0 Å². The first-order valence-corrected chi connectivity index (χ1v) is 9.09. The number of pyridine rings is 1. The van der Waals surface area contributed by atoms with Crippen LogP contribution in [0.4, 0.5) is 26.1 Å². The number of hydrogen-bond acceptors (Lipinski definition) is 6. The molecule has 1 aromatic carbocycles. The van der Waals surface area contributed by atoms with Gasteiger partial charge in [-0.05, 0) is 30.3 Å². The number of carbonyl (C=O) groups excluding carboxylic acids is 1. The molecule has 1 amide bonds. The SMILES string of the molecule is O=C(c1cc(Nc2ccc(F)cc2F)ccn1)N1CCN(c2ncccn2)CC1. The summed E-state index contributed by atoms with van der Waals surface area (Å²) in [5.74, 6) is -0.931. The number of hydrogen-bond donors (Lipinski definition) is 1. The van der Waals surface area contributed by atoms with Crippen LogP contribution in [0, 0.1) is 11.6 Å². The fourth-order valence-electron chi connectivity index (χ4n) is 3.10. The number of carbonyl (C=O) groups is 1. The molecule has 3 heterocycles. The maximum atomic E-state index is 13.9. The second kappa shape index (κ2) is 8.17. The van der Waals surface area contributed by atoms with Gasteiger partial charge in [-0.15, -0.1) is 0 Å². The molecule has 1 fully saturated rings. The van der Waals surface area contributed by atoms with E-state index in [-0.39, 0.29) is 17.3 Å². The molecule has 0 bridgehead atoms. The highest BCUT2D eigenvalue weighted by Crippen LogP contribution is 2.21. The van der Waals surface area contributed by atoms with Gasteiger partial charge in [0, 0.05) is 56.5 Å². The van der Waals surface area contributed by atoms with Gasteiger partial charge in [-0.1, -0.05) is 0 Å². The van der Waals surface area contributed by atoms with E-state index in [9.17, 15) is 13.6 Å². The van der Waals surface area contributed by atoms with Crippen molar-refractivity contribution < 1.29 is 13.6 Å². The molecular formula is C20H18F2N6O. The Morgan fingerprint density at radius 3 is 2.41 bits per heavy atom. The third-order valence-corrected chi connectivity index (χ3v) is 4.59. The highest BCUT2D eigenvalue weighted by molar-refractivity contribution is 5.93. The summed E-state index contributed by atoms with van der Waals surface area (Å²) in [6.45, 7) is 2.27. The lowest BCUT2D eigenvalue weighted by atomic mass is 10.2. The second-order valence-corrected chi connectivity index (χ2v) is 6.51. The van der Waals surface area contributed by atoms with Crippen molar-refractivity contribution in [2.45, 2.75) is 0 Å². The van der Waals surface area contributed by atoms with E-state index in [1.54, 1.807) is 35.5 Å². The van der Waals surface area contributed by atoms with Crippen LogP contribution in [0.5, 0.6) is 0 Å². The summed E-state index contributed by atoms with van der Waals surface area (Å²) in [7, 11) is 0. The summed E-state index contributed by atoms with van der Waals surface area (Å²) in [4.78, 5) is 29.2. The molecule has 7 nitrogen and oxygen atoms in total. The van der Waals surface area contributed by atoms with Gasteiger partial charge < -0.3 is 15.1 Å². The highest BCUT2D eigenvalue weighted by atomic mass is 19.1. The number of piperazine rings is 1. The maximum Gasteiger partial charge on any atom is 0.272 e. The van der Waals surface area contributed by atoms with Crippen LogP contribution in [0.3, 0.4) is 0 Å². The van der Waals surface area contributed by atoms with E-state index < -0.39 is 11.6 Å². The van der Waals surface area contributed by atoms with Crippen LogP contribution in [0.25, 0.3) is 0 Å². The maximum absolute atomic E-state index is 13.9. The summed E-state index contributed by atoms with van der Waals surface area (Å²) in [6.07, 6.45) is 4.85. The van der Waals surface area contributed by atoms with Crippen molar-refractivity contribution in [1.29, 1.82) is 0 Å². The predicted octanol–water partition coefficient (Wildman–Crippen LogP) is 2.86. The molecule has 1 N–H and O–H groups in total. The molecule has 0 unspecified atom stereocenters. The zero-order valence-corrected chi connectivity index (χ0v) is 15.4. The van der Waals surface area contributed by atoms with E-state index in [4.69, 9.17) is 0 Å². The molecule has 1 saturated heterocycles. The average molecular weight is 396 g/mol. The number of halogens is 2. The topological polar surface area (TPSA) is 74.2 Å². The molecule has 0 spiro atoms. The van der Waals surface area contributed by atoms with Gasteiger partial charge in [-0.3, -0.25) is 9.78 Å². The molecule has 9 heteroatoms. The van der Waals surface area contributed by atoms with Gasteiger partial charge in [0.2, 0.25) is 5.95 Å². The molecule has 0 aliphatic carbocycles. The third kappa shape index (κ3) is 4.29. The highest BCUT2D eigenvalue weighted by Gasteiger charge is 2.24. The molecular weight excluding hydrogens is 378 g/mol. The van der Waals surface area contributed by atoms with E-state index in [0.717, 1.165) is 12.1 Å². The fraction of sp³-hybridized carbons (Fsp3) is 0.200. The smallest absolute Gasteiger partial charge is 0.272 e. The zero-order chi connectivity index (χ0) is 20.2. The minimum Gasteiger partial charge on any atom is -0.353 e. The van der Waals surface area contributed by atoms with E-state index in [1.807, 2.05) is 4.90 Å². The van der Waals surface area contributed by atoms with Gasteiger partial charge in [0.15, 0.2) is 0 Å². The molecule has 1 aliphatic heterocycles. The first-order chi connectivity index (χ1) is 14.1. The van der Waals surface area contributed by atoms with Crippen LogP contribution < -0.4 is 10.2 Å². The van der Waals surface area contributed by atoms with Gasteiger partial charge in [-0.25, -0.2) is 18.7 Å². The first-order valence-electron chi connectivity index (χ1n) is 9.09. The lowest BCUT2D eigenvalue weighted by Gasteiger charge is -2.34. The molecule has 3 aromatic rings. The minimum absolute atomic E-state index is 0.118. The van der Waals surface area contributed by atoms with Gasteiger partial charge in [-0.2, -0.15) is 0 Å². The van der Waals surface area contributed by atoms with Crippen molar-refractivity contribution in [3.63, 3.8) is 0 Å². The van der Waals surface area contributed by atoms with E-state index >= 15 is 0 Å². The van der Waals surface area contributed by atoms with Crippen molar-refractivity contribution in [1.82, 2.24) is 19.9 Å². The summed E-state index contributed by atoms with van der Waals surface area (Å²) in [5, 5.41) is 2.85. The number of nitrogens with one attached hydrogen (secondary N) is 1. The fourth-order valence-corrected chi connectivity index (χ4v) is 3.10.